The van der Waals surface area contributed by atoms with Gasteiger partial charge in [0.2, 0.25) is 0 Å². The Hall–Kier alpha value is -0.390. The summed E-state index contributed by atoms with van der Waals surface area (Å²) in [5.41, 5.74) is 5.99. The van der Waals surface area contributed by atoms with Crippen molar-refractivity contribution in [1.29, 1.82) is 0 Å². The molecule has 0 radical (unpaired) electrons. The lowest BCUT2D eigenvalue weighted by atomic mass is 10.4. The van der Waals surface area contributed by atoms with Crippen LogP contribution in [0.15, 0.2) is 15.2 Å². The highest BCUT2D eigenvalue weighted by Crippen LogP contribution is 2.13. The molecule has 0 aromatic rings. The number of allylic oxidation sites excluding steroid dienone is 2. The SMILES string of the molecule is CC1=C(Br)C=NC(N)(O)N1. The summed E-state index contributed by atoms with van der Waals surface area (Å²) >= 11 is 3.21. The Labute approximate surface area is 67.0 Å². The van der Waals surface area contributed by atoms with E-state index in [1.807, 2.05) is 0 Å². The maximum Gasteiger partial charge on any atom is 0.294 e. The Balaban J connectivity index is 2.85. The largest absolute Gasteiger partial charge is 0.340 e. The molecule has 0 aliphatic carbocycles. The molecule has 0 aromatic carbocycles. The fourth-order valence-corrected chi connectivity index (χ4v) is 0.821. The van der Waals surface area contributed by atoms with Gasteiger partial charge in [-0.25, -0.2) is 4.99 Å². The van der Waals surface area contributed by atoms with E-state index in [9.17, 15) is 0 Å². The lowest BCUT2D eigenvalue weighted by molar-refractivity contribution is 0.0303. The van der Waals surface area contributed by atoms with Gasteiger partial charge in [-0.1, -0.05) is 0 Å². The Morgan fingerprint density at radius 1 is 1.90 bits per heavy atom. The topological polar surface area (TPSA) is 70.6 Å². The molecule has 1 atom stereocenters. The normalized spacial score (nSPS) is 32.4. The lowest BCUT2D eigenvalue weighted by Crippen LogP contribution is -2.52. The minimum Gasteiger partial charge on any atom is -0.340 e. The van der Waals surface area contributed by atoms with Crippen molar-refractivity contribution in [1.82, 2.24) is 5.32 Å². The molecule has 0 amide bonds. The molecule has 0 bridgehead atoms. The van der Waals surface area contributed by atoms with Crippen LogP contribution in [-0.2, 0) is 0 Å². The predicted octanol–water partition coefficient (Wildman–Crippen LogP) is -0.151. The van der Waals surface area contributed by atoms with Crippen LogP contribution in [0, 0.1) is 0 Å². The molecule has 0 fully saturated rings. The first kappa shape index (κ1) is 7.71. The average molecular weight is 206 g/mol. The van der Waals surface area contributed by atoms with Crippen molar-refractivity contribution in [3.8, 4) is 0 Å². The summed E-state index contributed by atoms with van der Waals surface area (Å²) in [6.45, 7) is 1.78. The molecular formula is C5H8BrN3O. The zero-order valence-electron chi connectivity index (χ0n) is 5.43. The monoisotopic (exact) mass is 205 g/mol. The van der Waals surface area contributed by atoms with Gasteiger partial charge in [-0.05, 0) is 22.9 Å². The van der Waals surface area contributed by atoms with Gasteiger partial charge in [-0.3, -0.25) is 5.73 Å². The summed E-state index contributed by atoms with van der Waals surface area (Å²) < 4.78 is 0.794. The maximum absolute atomic E-state index is 9.08. The first-order chi connectivity index (χ1) is 4.51. The molecule has 0 saturated heterocycles. The number of aliphatic hydroxyl groups is 1. The molecule has 0 spiro atoms. The van der Waals surface area contributed by atoms with Crippen LogP contribution in [0.3, 0.4) is 0 Å². The quantitative estimate of drug-likeness (QED) is 0.482. The van der Waals surface area contributed by atoms with Gasteiger partial charge >= 0.3 is 0 Å². The molecule has 0 aromatic heterocycles. The molecule has 10 heavy (non-hydrogen) atoms. The van der Waals surface area contributed by atoms with E-state index < -0.39 is 5.97 Å². The van der Waals surface area contributed by atoms with E-state index in [0.717, 1.165) is 10.2 Å². The fraction of sp³-hybridized carbons (Fsp3) is 0.400. The van der Waals surface area contributed by atoms with Crippen molar-refractivity contribution in [2.24, 2.45) is 10.7 Å². The van der Waals surface area contributed by atoms with Crippen molar-refractivity contribution in [3.63, 3.8) is 0 Å². The summed E-state index contributed by atoms with van der Waals surface area (Å²) in [6.07, 6.45) is 1.46. The number of rotatable bonds is 0. The second-order valence-corrected chi connectivity index (χ2v) is 2.94. The second kappa shape index (κ2) is 2.34. The lowest BCUT2D eigenvalue weighted by Gasteiger charge is -2.24. The number of nitrogens with two attached hydrogens (primary N) is 1. The third-order valence-electron chi connectivity index (χ3n) is 1.10. The van der Waals surface area contributed by atoms with E-state index in [0.29, 0.717) is 0 Å². The van der Waals surface area contributed by atoms with E-state index in [4.69, 9.17) is 10.8 Å². The summed E-state index contributed by atoms with van der Waals surface area (Å²) in [7, 11) is 0. The van der Waals surface area contributed by atoms with Crippen LogP contribution in [0.4, 0.5) is 0 Å². The predicted molar refractivity (Wildman–Crippen MR) is 42.4 cm³/mol. The summed E-state index contributed by atoms with van der Waals surface area (Å²) in [6, 6.07) is 0. The first-order valence-electron chi connectivity index (χ1n) is 2.72. The average Bonchev–Trinajstić information content (AvgIpc) is 1.79. The molecule has 0 saturated carbocycles. The van der Waals surface area contributed by atoms with Crippen molar-refractivity contribution in [2.75, 3.05) is 0 Å². The van der Waals surface area contributed by atoms with Crippen LogP contribution < -0.4 is 11.1 Å². The zero-order chi connectivity index (χ0) is 7.78. The minimum absolute atomic E-state index is 0.764. The van der Waals surface area contributed by atoms with E-state index in [1.165, 1.54) is 6.21 Å². The molecule has 56 valence electrons. The highest BCUT2D eigenvalue weighted by atomic mass is 79.9. The van der Waals surface area contributed by atoms with Crippen LogP contribution in [-0.4, -0.2) is 17.3 Å². The van der Waals surface area contributed by atoms with E-state index >= 15 is 0 Å². The summed E-state index contributed by atoms with van der Waals surface area (Å²) in [5, 5.41) is 11.6. The van der Waals surface area contributed by atoms with Crippen molar-refractivity contribution >= 4 is 22.1 Å². The van der Waals surface area contributed by atoms with Crippen LogP contribution >= 0.6 is 15.9 Å². The molecule has 4 nitrogen and oxygen atoms in total. The fourth-order valence-electron chi connectivity index (χ4n) is 0.620. The molecule has 1 aliphatic heterocycles. The highest BCUT2D eigenvalue weighted by molar-refractivity contribution is 9.12. The van der Waals surface area contributed by atoms with Crippen LogP contribution in [0.1, 0.15) is 6.92 Å². The summed E-state index contributed by atoms with van der Waals surface area (Å²) in [4.78, 5) is 3.59. The molecule has 1 heterocycles. The molecule has 1 aliphatic rings. The van der Waals surface area contributed by atoms with Gasteiger partial charge in [-0.15, -0.1) is 0 Å². The van der Waals surface area contributed by atoms with E-state index in [1.54, 1.807) is 6.92 Å². The Kier molecular flexibility index (Phi) is 1.80. The standard InChI is InChI=1S/C5H8BrN3O/c1-3-4(6)2-8-5(7,10)9-3/h2,9-10H,7H2,1H3. The molecule has 5 heteroatoms. The number of nitrogens with zero attached hydrogens (tertiary/aromatic N) is 1. The Morgan fingerprint density at radius 2 is 2.50 bits per heavy atom. The van der Waals surface area contributed by atoms with Gasteiger partial charge < -0.3 is 10.4 Å². The van der Waals surface area contributed by atoms with Crippen molar-refractivity contribution < 1.29 is 5.11 Å². The van der Waals surface area contributed by atoms with Crippen molar-refractivity contribution in [3.05, 3.63) is 10.2 Å². The number of nitrogens with one attached hydrogen (secondary N) is 1. The number of hydrogen-bond acceptors (Lipinski definition) is 4. The third-order valence-corrected chi connectivity index (χ3v) is 1.90. The van der Waals surface area contributed by atoms with Crippen LogP contribution in [0.5, 0.6) is 0 Å². The highest BCUT2D eigenvalue weighted by Gasteiger charge is 2.21. The van der Waals surface area contributed by atoms with Gasteiger partial charge in [-0.2, -0.15) is 0 Å². The van der Waals surface area contributed by atoms with Gasteiger partial charge in [0.15, 0.2) is 0 Å². The first-order valence-corrected chi connectivity index (χ1v) is 3.51. The van der Waals surface area contributed by atoms with Gasteiger partial charge in [0.25, 0.3) is 5.97 Å². The minimum atomic E-state index is -1.64. The maximum atomic E-state index is 9.08. The second-order valence-electron chi connectivity index (χ2n) is 2.08. The van der Waals surface area contributed by atoms with E-state index in [2.05, 4.69) is 26.2 Å². The molecule has 4 N–H and O–H groups in total. The number of hydrogen-bond donors (Lipinski definition) is 3. The van der Waals surface area contributed by atoms with Crippen LogP contribution in [0.25, 0.3) is 0 Å². The molecule has 1 rings (SSSR count). The van der Waals surface area contributed by atoms with Crippen molar-refractivity contribution in [2.45, 2.75) is 12.9 Å². The number of aliphatic imine (C=N–C) groups is 1. The molecule has 1 unspecified atom stereocenters. The third kappa shape index (κ3) is 1.56. The molecular weight excluding hydrogens is 198 g/mol. The van der Waals surface area contributed by atoms with Gasteiger partial charge in [0.05, 0.1) is 4.48 Å². The van der Waals surface area contributed by atoms with Gasteiger partial charge in [0, 0.05) is 11.9 Å². The summed E-state index contributed by atoms with van der Waals surface area (Å²) in [5.74, 6) is -1.64. The Morgan fingerprint density at radius 3 is 2.90 bits per heavy atom. The smallest absolute Gasteiger partial charge is 0.294 e. The Bertz CT molecular complexity index is 209. The van der Waals surface area contributed by atoms with E-state index in [-0.39, 0.29) is 0 Å². The van der Waals surface area contributed by atoms with Crippen LogP contribution in [0.2, 0.25) is 0 Å². The number of halogens is 1. The van der Waals surface area contributed by atoms with Gasteiger partial charge in [0.1, 0.15) is 0 Å². The zero-order valence-corrected chi connectivity index (χ0v) is 7.01.